The standard InChI is InChI=1S/C15H30N2O3/c1-5-7-15(11-16,8-6-2)14(18)17-9-12(19-3)13(10-17)20-4/h12-13H,5-11,16H2,1-4H3. The van der Waals surface area contributed by atoms with Crippen molar-refractivity contribution < 1.29 is 14.3 Å². The molecule has 1 aliphatic rings. The van der Waals surface area contributed by atoms with Gasteiger partial charge < -0.3 is 20.1 Å². The zero-order chi connectivity index (χ0) is 15.2. The second-order valence-corrected chi connectivity index (χ2v) is 5.74. The SMILES string of the molecule is CCCC(CN)(CCC)C(=O)N1CC(OC)C(OC)C1. The van der Waals surface area contributed by atoms with Crippen LogP contribution in [0.3, 0.4) is 0 Å². The molecular formula is C15H30N2O3. The minimum absolute atomic E-state index is 0.0392. The van der Waals surface area contributed by atoms with Gasteiger partial charge in [-0.15, -0.1) is 0 Å². The Kier molecular flexibility index (Phi) is 6.92. The van der Waals surface area contributed by atoms with Gasteiger partial charge in [0.25, 0.3) is 0 Å². The molecule has 1 saturated heterocycles. The van der Waals surface area contributed by atoms with Gasteiger partial charge in [0, 0.05) is 33.9 Å². The van der Waals surface area contributed by atoms with Gasteiger partial charge in [-0.05, 0) is 12.8 Å². The van der Waals surface area contributed by atoms with E-state index < -0.39 is 5.41 Å². The van der Waals surface area contributed by atoms with E-state index in [4.69, 9.17) is 15.2 Å². The molecule has 0 bridgehead atoms. The van der Waals surface area contributed by atoms with Gasteiger partial charge in [0.1, 0.15) is 12.2 Å². The fourth-order valence-electron chi connectivity index (χ4n) is 3.29. The average Bonchev–Trinajstić information content (AvgIpc) is 2.89. The van der Waals surface area contributed by atoms with Crippen molar-refractivity contribution >= 4 is 5.91 Å². The Labute approximate surface area is 122 Å². The summed E-state index contributed by atoms with van der Waals surface area (Å²) >= 11 is 0. The van der Waals surface area contributed by atoms with Crippen molar-refractivity contribution in [2.24, 2.45) is 11.1 Å². The van der Waals surface area contributed by atoms with Crippen LogP contribution in [0, 0.1) is 5.41 Å². The first-order valence-corrected chi connectivity index (χ1v) is 7.63. The number of ether oxygens (including phenoxy) is 2. The van der Waals surface area contributed by atoms with Gasteiger partial charge in [0.15, 0.2) is 0 Å². The molecule has 0 aliphatic carbocycles. The maximum Gasteiger partial charge on any atom is 0.230 e. The minimum Gasteiger partial charge on any atom is -0.377 e. The van der Waals surface area contributed by atoms with E-state index in [1.54, 1.807) is 14.2 Å². The van der Waals surface area contributed by atoms with Gasteiger partial charge in [-0.3, -0.25) is 4.79 Å². The van der Waals surface area contributed by atoms with Crippen molar-refractivity contribution in [3.63, 3.8) is 0 Å². The number of carbonyl (C=O) groups is 1. The molecule has 2 unspecified atom stereocenters. The molecule has 1 aliphatic heterocycles. The third kappa shape index (κ3) is 3.51. The molecular weight excluding hydrogens is 256 g/mol. The Morgan fingerprint density at radius 2 is 1.60 bits per heavy atom. The molecule has 5 nitrogen and oxygen atoms in total. The van der Waals surface area contributed by atoms with E-state index in [2.05, 4.69) is 13.8 Å². The first-order chi connectivity index (χ1) is 9.58. The summed E-state index contributed by atoms with van der Waals surface area (Å²) in [6.45, 7) is 5.83. The molecule has 0 saturated carbocycles. The van der Waals surface area contributed by atoms with E-state index in [0.717, 1.165) is 25.7 Å². The first kappa shape index (κ1) is 17.4. The van der Waals surface area contributed by atoms with Crippen LogP contribution in [0.1, 0.15) is 39.5 Å². The lowest BCUT2D eigenvalue weighted by Gasteiger charge is -2.34. The van der Waals surface area contributed by atoms with Gasteiger partial charge in [-0.1, -0.05) is 26.7 Å². The molecule has 1 heterocycles. The van der Waals surface area contributed by atoms with Crippen LogP contribution in [0.2, 0.25) is 0 Å². The summed E-state index contributed by atoms with van der Waals surface area (Å²) in [7, 11) is 3.33. The lowest BCUT2D eigenvalue weighted by molar-refractivity contribution is -0.142. The number of hydrogen-bond acceptors (Lipinski definition) is 4. The van der Waals surface area contributed by atoms with Crippen LogP contribution in [0.25, 0.3) is 0 Å². The molecule has 118 valence electrons. The van der Waals surface area contributed by atoms with E-state index in [0.29, 0.717) is 19.6 Å². The predicted octanol–water partition coefficient (Wildman–Crippen LogP) is 1.40. The van der Waals surface area contributed by atoms with Crippen LogP contribution in [0.4, 0.5) is 0 Å². The Bertz CT molecular complexity index is 291. The van der Waals surface area contributed by atoms with E-state index in [-0.39, 0.29) is 18.1 Å². The van der Waals surface area contributed by atoms with Crippen molar-refractivity contribution in [1.29, 1.82) is 0 Å². The Morgan fingerprint density at radius 1 is 1.15 bits per heavy atom. The highest BCUT2D eigenvalue weighted by molar-refractivity contribution is 5.83. The molecule has 1 amide bonds. The van der Waals surface area contributed by atoms with E-state index >= 15 is 0 Å². The Hall–Kier alpha value is -0.650. The number of carbonyl (C=O) groups excluding carboxylic acids is 1. The van der Waals surface area contributed by atoms with Gasteiger partial charge in [0.2, 0.25) is 5.91 Å². The number of nitrogens with two attached hydrogens (primary N) is 1. The average molecular weight is 286 g/mol. The largest absolute Gasteiger partial charge is 0.377 e. The zero-order valence-corrected chi connectivity index (χ0v) is 13.4. The Balaban J connectivity index is 2.85. The first-order valence-electron chi connectivity index (χ1n) is 7.63. The predicted molar refractivity (Wildman–Crippen MR) is 79.5 cm³/mol. The van der Waals surface area contributed by atoms with E-state index in [1.807, 2.05) is 4.90 Å². The number of amides is 1. The second-order valence-electron chi connectivity index (χ2n) is 5.74. The normalized spacial score (nSPS) is 23.4. The van der Waals surface area contributed by atoms with Gasteiger partial charge in [0.05, 0.1) is 5.41 Å². The molecule has 0 aromatic rings. The minimum atomic E-state index is -0.412. The second kappa shape index (κ2) is 7.96. The monoisotopic (exact) mass is 286 g/mol. The topological polar surface area (TPSA) is 64.8 Å². The molecule has 0 spiro atoms. The molecule has 1 fully saturated rings. The Morgan fingerprint density at radius 3 is 1.90 bits per heavy atom. The lowest BCUT2D eigenvalue weighted by atomic mass is 9.78. The summed E-state index contributed by atoms with van der Waals surface area (Å²) < 4.78 is 10.8. The van der Waals surface area contributed by atoms with Crippen molar-refractivity contribution in [3.8, 4) is 0 Å². The fraction of sp³-hybridized carbons (Fsp3) is 0.933. The fourth-order valence-corrected chi connectivity index (χ4v) is 3.29. The quantitative estimate of drug-likeness (QED) is 0.732. The van der Waals surface area contributed by atoms with Gasteiger partial charge >= 0.3 is 0 Å². The van der Waals surface area contributed by atoms with Crippen molar-refractivity contribution in [2.45, 2.75) is 51.7 Å². The highest BCUT2D eigenvalue weighted by atomic mass is 16.5. The molecule has 5 heteroatoms. The third-order valence-electron chi connectivity index (χ3n) is 4.41. The summed E-state index contributed by atoms with van der Waals surface area (Å²) in [5.74, 6) is 0.172. The maximum atomic E-state index is 12.9. The number of hydrogen-bond donors (Lipinski definition) is 1. The molecule has 1 rings (SSSR count). The van der Waals surface area contributed by atoms with Crippen LogP contribution in [0.5, 0.6) is 0 Å². The van der Waals surface area contributed by atoms with Crippen LogP contribution >= 0.6 is 0 Å². The highest BCUT2D eigenvalue weighted by Gasteiger charge is 2.43. The van der Waals surface area contributed by atoms with Crippen LogP contribution in [-0.2, 0) is 14.3 Å². The summed E-state index contributed by atoms with van der Waals surface area (Å²) in [4.78, 5) is 14.8. The molecule has 20 heavy (non-hydrogen) atoms. The number of rotatable bonds is 8. The summed E-state index contributed by atoms with van der Waals surface area (Å²) in [5.41, 5.74) is 5.56. The van der Waals surface area contributed by atoms with Gasteiger partial charge in [-0.2, -0.15) is 0 Å². The maximum absolute atomic E-state index is 12.9. The molecule has 0 aromatic heterocycles. The third-order valence-corrected chi connectivity index (χ3v) is 4.41. The smallest absolute Gasteiger partial charge is 0.230 e. The van der Waals surface area contributed by atoms with Crippen LogP contribution in [-0.4, -0.2) is 56.9 Å². The van der Waals surface area contributed by atoms with Crippen molar-refractivity contribution in [2.75, 3.05) is 33.9 Å². The van der Waals surface area contributed by atoms with Crippen LogP contribution in [0.15, 0.2) is 0 Å². The molecule has 0 aromatic carbocycles. The van der Waals surface area contributed by atoms with Gasteiger partial charge in [-0.25, -0.2) is 0 Å². The summed E-state index contributed by atoms with van der Waals surface area (Å²) in [6, 6.07) is 0. The number of likely N-dealkylation sites (tertiary alicyclic amines) is 1. The molecule has 2 atom stereocenters. The summed E-state index contributed by atoms with van der Waals surface area (Å²) in [6.07, 6.45) is 3.56. The zero-order valence-electron chi connectivity index (χ0n) is 13.4. The molecule has 0 radical (unpaired) electrons. The number of nitrogens with zero attached hydrogens (tertiary/aromatic N) is 1. The van der Waals surface area contributed by atoms with Crippen molar-refractivity contribution in [1.82, 2.24) is 4.90 Å². The van der Waals surface area contributed by atoms with E-state index in [1.165, 1.54) is 0 Å². The van der Waals surface area contributed by atoms with Crippen LogP contribution < -0.4 is 5.73 Å². The summed E-state index contributed by atoms with van der Waals surface area (Å²) in [5, 5.41) is 0. The number of methoxy groups -OCH3 is 2. The molecule has 2 N–H and O–H groups in total. The lowest BCUT2D eigenvalue weighted by Crippen LogP contribution is -2.47. The van der Waals surface area contributed by atoms with E-state index in [9.17, 15) is 4.79 Å². The highest BCUT2D eigenvalue weighted by Crippen LogP contribution is 2.33. The van der Waals surface area contributed by atoms with Crippen molar-refractivity contribution in [3.05, 3.63) is 0 Å².